The molecular formula is C11H17N3O. The Hall–Kier alpha value is -1.26. The first-order valence-electron chi connectivity index (χ1n) is 5.16. The Morgan fingerprint density at radius 2 is 2.33 bits per heavy atom. The second kappa shape index (κ2) is 4.08. The van der Waals surface area contributed by atoms with E-state index in [-0.39, 0.29) is 6.04 Å². The first-order chi connectivity index (χ1) is 7.22. The molecule has 4 heteroatoms. The van der Waals surface area contributed by atoms with Gasteiger partial charge < -0.3 is 21.1 Å². The maximum atomic E-state index is 5.87. The minimum Gasteiger partial charge on any atom is -0.490 e. The predicted octanol–water partition coefficient (Wildman–Crippen LogP) is 0.474. The van der Waals surface area contributed by atoms with Crippen LogP contribution in [0.2, 0.25) is 0 Å². The molecule has 1 aliphatic heterocycles. The van der Waals surface area contributed by atoms with Crippen LogP contribution in [-0.2, 0) is 0 Å². The highest BCUT2D eigenvalue weighted by molar-refractivity contribution is 5.60. The van der Waals surface area contributed by atoms with Gasteiger partial charge in [0.2, 0.25) is 0 Å². The number of fused-ring (bicyclic) bond motifs is 1. The molecule has 4 N–H and O–H groups in total. The minimum atomic E-state index is -0.105. The van der Waals surface area contributed by atoms with Gasteiger partial charge in [0.25, 0.3) is 0 Å². The molecule has 82 valence electrons. The van der Waals surface area contributed by atoms with Crippen LogP contribution in [0.1, 0.15) is 11.6 Å². The maximum absolute atomic E-state index is 5.87. The molecule has 1 atom stereocenters. The summed E-state index contributed by atoms with van der Waals surface area (Å²) in [5.41, 5.74) is 13.6. The van der Waals surface area contributed by atoms with E-state index in [0.29, 0.717) is 6.54 Å². The average molecular weight is 207 g/mol. The Labute approximate surface area is 89.8 Å². The molecule has 1 aromatic rings. The number of hydrogen-bond donors (Lipinski definition) is 2. The molecule has 0 saturated carbocycles. The summed E-state index contributed by atoms with van der Waals surface area (Å²) in [5, 5.41) is 0. The van der Waals surface area contributed by atoms with Gasteiger partial charge in [-0.25, -0.2) is 0 Å². The molecule has 2 rings (SSSR count). The molecule has 1 aliphatic rings. The fourth-order valence-electron chi connectivity index (χ4n) is 1.74. The quantitative estimate of drug-likeness (QED) is 0.740. The van der Waals surface area contributed by atoms with Crippen molar-refractivity contribution in [2.75, 3.05) is 31.6 Å². The number of likely N-dealkylation sites (N-methyl/N-ethyl adjacent to an activating group) is 1. The van der Waals surface area contributed by atoms with E-state index in [1.165, 1.54) is 0 Å². The molecule has 0 aliphatic carbocycles. The Kier molecular flexibility index (Phi) is 2.79. The summed E-state index contributed by atoms with van der Waals surface area (Å²) in [6.07, 6.45) is 0. The van der Waals surface area contributed by atoms with Crippen molar-refractivity contribution < 1.29 is 4.74 Å². The molecule has 4 nitrogen and oxygen atoms in total. The molecule has 0 fully saturated rings. The third-order valence-corrected chi connectivity index (χ3v) is 2.76. The lowest BCUT2D eigenvalue weighted by molar-refractivity contribution is 0.311. The highest BCUT2D eigenvalue weighted by Gasteiger charge is 2.16. The number of hydrogen-bond acceptors (Lipinski definition) is 4. The molecule has 0 radical (unpaired) electrons. The van der Waals surface area contributed by atoms with E-state index in [0.717, 1.165) is 30.2 Å². The van der Waals surface area contributed by atoms with Gasteiger partial charge in [-0.3, -0.25) is 0 Å². The number of nitrogens with zero attached hydrogens (tertiary/aromatic N) is 1. The summed E-state index contributed by atoms with van der Waals surface area (Å²) in [6.45, 7) is 2.11. The SMILES string of the molecule is CN1CCOc2cc([C@@H](N)CN)ccc21. The first kappa shape index (κ1) is 10.3. The normalized spacial score (nSPS) is 16.9. The molecule has 15 heavy (non-hydrogen) atoms. The van der Waals surface area contributed by atoms with Crippen LogP contribution in [-0.4, -0.2) is 26.7 Å². The number of nitrogens with two attached hydrogens (primary N) is 2. The van der Waals surface area contributed by atoms with Crippen LogP contribution in [0.5, 0.6) is 5.75 Å². The van der Waals surface area contributed by atoms with Crippen molar-refractivity contribution in [2.45, 2.75) is 6.04 Å². The maximum Gasteiger partial charge on any atom is 0.143 e. The van der Waals surface area contributed by atoms with E-state index in [4.69, 9.17) is 16.2 Å². The van der Waals surface area contributed by atoms with E-state index in [1.54, 1.807) is 0 Å². The number of benzene rings is 1. The Morgan fingerprint density at radius 3 is 3.07 bits per heavy atom. The largest absolute Gasteiger partial charge is 0.490 e. The van der Waals surface area contributed by atoms with Crippen molar-refractivity contribution in [1.82, 2.24) is 0 Å². The van der Waals surface area contributed by atoms with Gasteiger partial charge in [0.05, 0.1) is 12.2 Å². The molecule has 0 spiro atoms. The number of anilines is 1. The fraction of sp³-hybridized carbons (Fsp3) is 0.455. The number of rotatable bonds is 2. The molecule has 0 amide bonds. The van der Waals surface area contributed by atoms with Gasteiger partial charge in [0.1, 0.15) is 12.4 Å². The minimum absolute atomic E-state index is 0.105. The fourth-order valence-corrected chi connectivity index (χ4v) is 1.74. The van der Waals surface area contributed by atoms with Gasteiger partial charge in [-0.2, -0.15) is 0 Å². The summed E-state index contributed by atoms with van der Waals surface area (Å²) in [7, 11) is 2.06. The van der Waals surface area contributed by atoms with Crippen molar-refractivity contribution in [3.05, 3.63) is 23.8 Å². The van der Waals surface area contributed by atoms with Crippen molar-refractivity contribution in [1.29, 1.82) is 0 Å². The summed E-state index contributed by atoms with van der Waals surface area (Å²) in [4.78, 5) is 2.18. The van der Waals surface area contributed by atoms with Crippen molar-refractivity contribution in [3.8, 4) is 5.75 Å². The number of ether oxygens (including phenoxy) is 1. The summed E-state index contributed by atoms with van der Waals surface area (Å²) >= 11 is 0. The lowest BCUT2D eigenvalue weighted by atomic mass is 10.1. The molecule has 0 aromatic heterocycles. The summed E-state index contributed by atoms with van der Waals surface area (Å²) in [6, 6.07) is 5.94. The van der Waals surface area contributed by atoms with Gasteiger partial charge in [0.15, 0.2) is 0 Å². The third-order valence-electron chi connectivity index (χ3n) is 2.76. The Balaban J connectivity index is 2.33. The Bertz CT molecular complexity index is 354. The van der Waals surface area contributed by atoms with Gasteiger partial charge in [-0.1, -0.05) is 6.07 Å². The Morgan fingerprint density at radius 1 is 1.53 bits per heavy atom. The molecular weight excluding hydrogens is 190 g/mol. The van der Waals surface area contributed by atoms with Crippen molar-refractivity contribution in [3.63, 3.8) is 0 Å². The topological polar surface area (TPSA) is 64.5 Å². The van der Waals surface area contributed by atoms with Gasteiger partial charge in [-0.05, 0) is 17.7 Å². The van der Waals surface area contributed by atoms with E-state index in [1.807, 2.05) is 18.2 Å². The van der Waals surface area contributed by atoms with Crippen molar-refractivity contribution in [2.24, 2.45) is 11.5 Å². The zero-order valence-corrected chi connectivity index (χ0v) is 8.94. The van der Waals surface area contributed by atoms with E-state index in [2.05, 4.69) is 11.9 Å². The van der Waals surface area contributed by atoms with Crippen molar-refractivity contribution >= 4 is 5.69 Å². The molecule has 0 unspecified atom stereocenters. The zero-order valence-electron chi connectivity index (χ0n) is 8.94. The van der Waals surface area contributed by atoms with E-state index < -0.39 is 0 Å². The molecule has 1 aromatic carbocycles. The summed E-state index contributed by atoms with van der Waals surface area (Å²) in [5.74, 6) is 0.908. The monoisotopic (exact) mass is 207 g/mol. The highest BCUT2D eigenvalue weighted by atomic mass is 16.5. The standard InChI is InChI=1S/C11H17N3O/c1-14-4-5-15-11-6-8(9(13)7-12)2-3-10(11)14/h2-3,6,9H,4-5,7,12-13H2,1H3/t9-/m0/s1. The average Bonchev–Trinajstić information content (AvgIpc) is 2.28. The summed E-state index contributed by atoms with van der Waals surface area (Å²) < 4.78 is 5.59. The van der Waals surface area contributed by atoms with Crippen LogP contribution in [0.4, 0.5) is 5.69 Å². The second-order valence-corrected chi connectivity index (χ2v) is 3.84. The van der Waals surface area contributed by atoms with Crippen LogP contribution in [0.3, 0.4) is 0 Å². The van der Waals surface area contributed by atoms with E-state index in [9.17, 15) is 0 Å². The lowest BCUT2D eigenvalue weighted by Crippen LogP contribution is -2.29. The molecule has 0 saturated heterocycles. The highest BCUT2D eigenvalue weighted by Crippen LogP contribution is 2.32. The second-order valence-electron chi connectivity index (χ2n) is 3.84. The van der Waals surface area contributed by atoms with Crippen LogP contribution >= 0.6 is 0 Å². The molecule has 0 bridgehead atoms. The zero-order chi connectivity index (χ0) is 10.8. The van der Waals surface area contributed by atoms with E-state index >= 15 is 0 Å². The smallest absolute Gasteiger partial charge is 0.143 e. The van der Waals surface area contributed by atoms with Crippen LogP contribution in [0.25, 0.3) is 0 Å². The van der Waals surface area contributed by atoms with Crippen LogP contribution in [0.15, 0.2) is 18.2 Å². The predicted molar refractivity (Wildman–Crippen MR) is 61.2 cm³/mol. The van der Waals surface area contributed by atoms with Gasteiger partial charge in [0, 0.05) is 19.6 Å². The van der Waals surface area contributed by atoms with Gasteiger partial charge >= 0.3 is 0 Å². The third kappa shape index (κ3) is 1.91. The lowest BCUT2D eigenvalue weighted by Gasteiger charge is -2.28. The van der Waals surface area contributed by atoms with Crippen LogP contribution in [0, 0.1) is 0 Å². The van der Waals surface area contributed by atoms with Crippen LogP contribution < -0.4 is 21.1 Å². The van der Waals surface area contributed by atoms with Gasteiger partial charge in [-0.15, -0.1) is 0 Å². The molecule has 1 heterocycles. The first-order valence-corrected chi connectivity index (χ1v) is 5.16.